The second kappa shape index (κ2) is 9.50. The maximum atomic E-state index is 12.5. The minimum Gasteiger partial charge on any atom is -0.448 e. The van der Waals surface area contributed by atoms with Crippen LogP contribution in [0.15, 0.2) is 35.7 Å². The molecule has 0 spiro atoms. The molecule has 2 aromatic rings. The van der Waals surface area contributed by atoms with Gasteiger partial charge in [-0.25, -0.2) is 9.78 Å². The third-order valence-electron chi connectivity index (χ3n) is 4.55. The third-order valence-corrected chi connectivity index (χ3v) is 5.35. The molecule has 3 rings (SSSR count). The monoisotopic (exact) mass is 387 g/mol. The molecule has 0 bridgehead atoms. The van der Waals surface area contributed by atoms with Crippen LogP contribution in [0.25, 0.3) is 0 Å². The summed E-state index contributed by atoms with van der Waals surface area (Å²) in [7, 11) is 0. The number of esters is 1. The van der Waals surface area contributed by atoms with E-state index < -0.39 is 12.1 Å². The van der Waals surface area contributed by atoms with E-state index in [1.807, 2.05) is 30.3 Å². The topological polar surface area (TPSA) is 71.5 Å². The Morgan fingerprint density at radius 2 is 1.89 bits per heavy atom. The van der Waals surface area contributed by atoms with Crippen LogP contribution < -0.4 is 5.32 Å². The van der Waals surface area contributed by atoms with Crippen molar-refractivity contribution >= 4 is 28.3 Å². The van der Waals surface area contributed by atoms with Crippen LogP contribution in [0.5, 0.6) is 0 Å². The Balaban J connectivity index is 1.51. The van der Waals surface area contributed by atoms with Crippen LogP contribution in [0, 0.1) is 0 Å². The number of hydrogen-bond donors (Lipinski definition) is 1. The highest BCUT2D eigenvalue weighted by molar-refractivity contribution is 7.13. The summed E-state index contributed by atoms with van der Waals surface area (Å²) in [5.41, 5.74) is 1.36. The molecule has 27 heavy (non-hydrogen) atoms. The lowest BCUT2D eigenvalue weighted by atomic mass is 10.2. The van der Waals surface area contributed by atoms with Gasteiger partial charge in [-0.2, -0.15) is 0 Å². The Bertz CT molecular complexity index is 755. The first-order valence-corrected chi connectivity index (χ1v) is 10.2. The number of amides is 1. The highest BCUT2D eigenvalue weighted by Gasteiger charge is 2.25. The molecule has 1 atom stereocenters. The standard InChI is InChI=1S/C20H25N3O3S/c1-15(18(24)23-11-7-2-3-8-12-23)26-19(25)17-14-27-20(22-17)21-13-16-9-5-4-6-10-16/h4-6,9-10,14-15H,2-3,7-8,11-13H2,1H3,(H,21,22). The van der Waals surface area contributed by atoms with Gasteiger partial charge in [-0.05, 0) is 25.3 Å². The number of anilines is 1. The van der Waals surface area contributed by atoms with E-state index in [4.69, 9.17) is 4.74 Å². The number of carbonyl (C=O) groups is 2. The molecule has 1 aromatic heterocycles. The fourth-order valence-corrected chi connectivity index (χ4v) is 3.72. The zero-order chi connectivity index (χ0) is 19.1. The van der Waals surface area contributed by atoms with Crippen LogP contribution in [0.1, 0.15) is 48.7 Å². The van der Waals surface area contributed by atoms with Crippen molar-refractivity contribution in [1.82, 2.24) is 9.88 Å². The number of likely N-dealkylation sites (tertiary alicyclic amines) is 1. The van der Waals surface area contributed by atoms with Crippen molar-refractivity contribution in [2.75, 3.05) is 18.4 Å². The van der Waals surface area contributed by atoms with Gasteiger partial charge in [-0.3, -0.25) is 4.79 Å². The van der Waals surface area contributed by atoms with Crippen LogP contribution in [-0.2, 0) is 16.1 Å². The Kier molecular flexibility index (Phi) is 6.81. The van der Waals surface area contributed by atoms with Crippen LogP contribution in [0.3, 0.4) is 0 Å². The summed E-state index contributed by atoms with van der Waals surface area (Å²) in [6.07, 6.45) is 3.52. The Morgan fingerprint density at radius 3 is 2.59 bits per heavy atom. The molecule has 0 aliphatic carbocycles. The molecule has 7 heteroatoms. The summed E-state index contributed by atoms with van der Waals surface area (Å²) in [5.74, 6) is -0.683. The van der Waals surface area contributed by atoms with Crippen molar-refractivity contribution < 1.29 is 14.3 Å². The number of benzene rings is 1. The van der Waals surface area contributed by atoms with Gasteiger partial charge in [-0.1, -0.05) is 43.2 Å². The van der Waals surface area contributed by atoms with E-state index in [1.165, 1.54) is 11.3 Å². The maximum Gasteiger partial charge on any atom is 0.358 e. The molecule has 1 aromatic carbocycles. The van der Waals surface area contributed by atoms with E-state index in [2.05, 4.69) is 10.3 Å². The zero-order valence-corrected chi connectivity index (χ0v) is 16.3. The van der Waals surface area contributed by atoms with Crippen LogP contribution in [0.4, 0.5) is 5.13 Å². The smallest absolute Gasteiger partial charge is 0.358 e. The number of nitrogens with zero attached hydrogens (tertiary/aromatic N) is 2. The number of thiazole rings is 1. The number of nitrogens with one attached hydrogen (secondary N) is 1. The first-order chi connectivity index (χ1) is 13.1. The van der Waals surface area contributed by atoms with E-state index in [0.29, 0.717) is 11.7 Å². The van der Waals surface area contributed by atoms with Crippen LogP contribution in [-0.4, -0.2) is 41.0 Å². The van der Waals surface area contributed by atoms with Crippen molar-refractivity contribution in [2.24, 2.45) is 0 Å². The van der Waals surface area contributed by atoms with Crippen molar-refractivity contribution in [2.45, 2.75) is 45.3 Å². The lowest BCUT2D eigenvalue weighted by Crippen LogP contribution is -2.40. The van der Waals surface area contributed by atoms with E-state index >= 15 is 0 Å². The molecular formula is C20H25N3O3S. The normalized spacial score (nSPS) is 15.7. The van der Waals surface area contributed by atoms with Gasteiger partial charge in [0.15, 0.2) is 16.9 Å². The summed E-state index contributed by atoms with van der Waals surface area (Å²) in [5, 5.41) is 5.50. The van der Waals surface area contributed by atoms with Crippen molar-refractivity contribution in [3.8, 4) is 0 Å². The highest BCUT2D eigenvalue weighted by Crippen LogP contribution is 2.18. The molecular weight excluding hydrogens is 362 g/mol. The van der Waals surface area contributed by atoms with E-state index in [9.17, 15) is 9.59 Å². The van der Waals surface area contributed by atoms with Crippen molar-refractivity contribution in [3.05, 3.63) is 47.0 Å². The number of hydrogen-bond acceptors (Lipinski definition) is 6. The summed E-state index contributed by atoms with van der Waals surface area (Å²) in [6, 6.07) is 9.96. The predicted molar refractivity (Wildman–Crippen MR) is 106 cm³/mol. The number of aromatic nitrogens is 1. The summed E-state index contributed by atoms with van der Waals surface area (Å²) >= 11 is 1.35. The molecule has 1 fully saturated rings. The number of ether oxygens (including phenoxy) is 1. The van der Waals surface area contributed by atoms with Gasteiger partial charge >= 0.3 is 5.97 Å². The minimum atomic E-state index is -0.793. The summed E-state index contributed by atoms with van der Waals surface area (Å²) < 4.78 is 5.35. The summed E-state index contributed by atoms with van der Waals surface area (Å²) in [6.45, 7) is 3.74. The average molecular weight is 388 g/mol. The molecule has 0 saturated carbocycles. The first-order valence-electron chi connectivity index (χ1n) is 9.36. The molecule has 144 valence electrons. The first kappa shape index (κ1) is 19.4. The Morgan fingerprint density at radius 1 is 1.19 bits per heavy atom. The molecule has 0 radical (unpaired) electrons. The molecule has 1 aliphatic heterocycles. The van der Waals surface area contributed by atoms with Gasteiger partial charge < -0.3 is 15.0 Å². The lowest BCUT2D eigenvalue weighted by Gasteiger charge is -2.23. The van der Waals surface area contributed by atoms with E-state index in [1.54, 1.807) is 17.2 Å². The van der Waals surface area contributed by atoms with Gasteiger partial charge in [0.05, 0.1) is 0 Å². The van der Waals surface area contributed by atoms with Crippen molar-refractivity contribution in [1.29, 1.82) is 0 Å². The second-order valence-corrected chi connectivity index (χ2v) is 7.52. The third kappa shape index (κ3) is 5.53. The average Bonchev–Trinajstić information content (AvgIpc) is 3.00. The molecule has 6 nitrogen and oxygen atoms in total. The minimum absolute atomic E-state index is 0.122. The molecule has 1 amide bonds. The largest absolute Gasteiger partial charge is 0.448 e. The lowest BCUT2D eigenvalue weighted by molar-refractivity contribution is -0.139. The van der Waals surface area contributed by atoms with Gasteiger partial charge in [0.1, 0.15) is 0 Å². The Hall–Kier alpha value is -2.41. The zero-order valence-electron chi connectivity index (χ0n) is 15.5. The van der Waals surface area contributed by atoms with Gasteiger partial charge in [0.25, 0.3) is 5.91 Å². The van der Waals surface area contributed by atoms with Gasteiger partial charge in [0, 0.05) is 25.0 Å². The molecule has 1 N–H and O–H groups in total. The molecule has 2 heterocycles. The van der Waals surface area contributed by atoms with Crippen LogP contribution >= 0.6 is 11.3 Å². The quantitative estimate of drug-likeness (QED) is 0.765. The van der Waals surface area contributed by atoms with Gasteiger partial charge in [-0.15, -0.1) is 11.3 Å². The van der Waals surface area contributed by atoms with Crippen molar-refractivity contribution in [3.63, 3.8) is 0 Å². The number of carbonyl (C=O) groups excluding carboxylic acids is 2. The summed E-state index contributed by atoms with van der Waals surface area (Å²) in [4.78, 5) is 30.9. The SMILES string of the molecule is CC(OC(=O)c1csc(NCc2ccccc2)n1)C(=O)N1CCCCCC1. The van der Waals surface area contributed by atoms with E-state index in [-0.39, 0.29) is 11.6 Å². The fourth-order valence-electron chi connectivity index (χ4n) is 3.04. The fraction of sp³-hybridized carbons (Fsp3) is 0.450. The molecule has 1 saturated heterocycles. The molecule has 1 aliphatic rings. The van der Waals surface area contributed by atoms with E-state index in [0.717, 1.165) is 44.3 Å². The molecule has 1 unspecified atom stereocenters. The predicted octanol–water partition coefficient (Wildman–Crippen LogP) is 3.70. The Labute approximate surface area is 163 Å². The second-order valence-electron chi connectivity index (χ2n) is 6.66. The maximum absolute atomic E-state index is 12.5. The number of rotatable bonds is 6. The van der Waals surface area contributed by atoms with Gasteiger partial charge in [0.2, 0.25) is 0 Å². The highest BCUT2D eigenvalue weighted by atomic mass is 32.1. The van der Waals surface area contributed by atoms with Crippen LogP contribution in [0.2, 0.25) is 0 Å².